The predicted octanol–water partition coefficient (Wildman–Crippen LogP) is 1.04. The van der Waals surface area contributed by atoms with Crippen LogP contribution in [0.4, 0.5) is 4.39 Å². The zero-order valence-electron chi connectivity index (χ0n) is 7.46. The summed E-state index contributed by atoms with van der Waals surface area (Å²) in [5, 5.41) is 7.06. The first kappa shape index (κ1) is 8.96. The van der Waals surface area contributed by atoms with Gasteiger partial charge in [0, 0.05) is 6.54 Å². The zero-order valence-corrected chi connectivity index (χ0v) is 7.46. The van der Waals surface area contributed by atoms with Gasteiger partial charge in [0.05, 0.1) is 5.39 Å². The summed E-state index contributed by atoms with van der Waals surface area (Å²) < 4.78 is 18.4. The number of nitrogens with two attached hydrogens (primary N) is 1. The molecule has 0 aliphatic heterocycles. The van der Waals surface area contributed by atoms with Crippen LogP contribution in [0, 0.1) is 5.82 Å². The lowest BCUT2D eigenvalue weighted by molar-refractivity contribution is 0.318. The van der Waals surface area contributed by atoms with Gasteiger partial charge in [0.15, 0.2) is 0 Å². The number of nitrogens with zero attached hydrogens (tertiary/aromatic N) is 1. The average Bonchev–Trinajstić information content (AvgIpc) is 2.60. The molecule has 1 aromatic carbocycles. The molecule has 1 aromatic heterocycles. The van der Waals surface area contributed by atoms with Crippen molar-refractivity contribution >= 4 is 10.9 Å². The first-order valence-corrected chi connectivity index (χ1v) is 4.28. The van der Waals surface area contributed by atoms with E-state index in [9.17, 15) is 4.39 Å². The second kappa shape index (κ2) is 3.63. The Bertz CT molecular complexity index is 441. The van der Waals surface area contributed by atoms with E-state index in [1.165, 1.54) is 6.07 Å². The summed E-state index contributed by atoms with van der Waals surface area (Å²) in [7, 11) is 0. The largest absolute Gasteiger partial charge is 0.475 e. The van der Waals surface area contributed by atoms with Crippen LogP contribution in [0.3, 0.4) is 0 Å². The number of rotatable bonds is 3. The van der Waals surface area contributed by atoms with Gasteiger partial charge in [0.2, 0.25) is 5.88 Å². The minimum atomic E-state index is -0.336. The highest BCUT2D eigenvalue weighted by Gasteiger charge is 2.08. The maximum absolute atomic E-state index is 13.2. The van der Waals surface area contributed by atoms with Gasteiger partial charge in [-0.1, -0.05) is 6.07 Å². The van der Waals surface area contributed by atoms with E-state index >= 15 is 0 Å². The first-order valence-electron chi connectivity index (χ1n) is 4.28. The van der Waals surface area contributed by atoms with Crippen molar-refractivity contribution < 1.29 is 9.13 Å². The smallest absolute Gasteiger partial charge is 0.240 e. The van der Waals surface area contributed by atoms with Gasteiger partial charge >= 0.3 is 0 Å². The molecule has 1 heterocycles. The summed E-state index contributed by atoms with van der Waals surface area (Å²) in [5.74, 6) is 0.0579. The Morgan fingerprint density at radius 3 is 3.14 bits per heavy atom. The lowest BCUT2D eigenvalue weighted by atomic mass is 10.2. The average molecular weight is 195 g/mol. The molecule has 0 aliphatic rings. The summed E-state index contributed by atoms with van der Waals surface area (Å²) in [6.45, 7) is 0.778. The molecule has 2 aromatic rings. The van der Waals surface area contributed by atoms with Crippen molar-refractivity contribution in [2.45, 2.75) is 0 Å². The third kappa shape index (κ3) is 1.42. The lowest BCUT2D eigenvalue weighted by Gasteiger charge is -1.99. The number of aromatic amines is 1. The molecule has 2 rings (SSSR count). The standard InChI is InChI=1S/C9H10FN3O/c10-7-3-1-2-6-8(7)12-13-9(6)14-5-4-11/h1-3H,4-5,11H2,(H,12,13). The molecule has 0 radical (unpaired) electrons. The number of ether oxygens (including phenoxy) is 1. The van der Waals surface area contributed by atoms with Gasteiger partial charge in [-0.3, -0.25) is 5.10 Å². The molecule has 14 heavy (non-hydrogen) atoms. The highest BCUT2D eigenvalue weighted by molar-refractivity contribution is 5.84. The maximum Gasteiger partial charge on any atom is 0.240 e. The van der Waals surface area contributed by atoms with Crippen LogP contribution in [0.15, 0.2) is 18.2 Å². The number of para-hydroxylation sites is 1. The Labute approximate surface area is 79.9 Å². The van der Waals surface area contributed by atoms with Crippen LogP contribution in [-0.4, -0.2) is 23.3 Å². The molecule has 4 nitrogen and oxygen atoms in total. The number of halogens is 1. The van der Waals surface area contributed by atoms with Gasteiger partial charge in [0.1, 0.15) is 17.9 Å². The number of aromatic nitrogens is 2. The molecule has 74 valence electrons. The second-order valence-corrected chi connectivity index (χ2v) is 2.83. The molecule has 0 spiro atoms. The highest BCUT2D eigenvalue weighted by atomic mass is 19.1. The quantitative estimate of drug-likeness (QED) is 0.769. The van der Waals surface area contributed by atoms with Gasteiger partial charge in [-0.25, -0.2) is 4.39 Å². The molecule has 0 amide bonds. The minimum absolute atomic E-state index is 0.336. The van der Waals surface area contributed by atoms with Crippen molar-refractivity contribution in [2.24, 2.45) is 5.73 Å². The molecule has 5 heteroatoms. The van der Waals surface area contributed by atoms with Gasteiger partial charge in [-0.15, -0.1) is 5.10 Å². The summed E-state index contributed by atoms with van der Waals surface area (Å²) in [6.07, 6.45) is 0. The topological polar surface area (TPSA) is 63.9 Å². The van der Waals surface area contributed by atoms with Crippen LogP contribution in [0.5, 0.6) is 5.88 Å². The third-order valence-electron chi connectivity index (χ3n) is 1.87. The molecular weight excluding hydrogens is 185 g/mol. The second-order valence-electron chi connectivity index (χ2n) is 2.83. The highest BCUT2D eigenvalue weighted by Crippen LogP contribution is 2.23. The van der Waals surface area contributed by atoms with Gasteiger partial charge in [-0.05, 0) is 12.1 Å². The van der Waals surface area contributed by atoms with E-state index in [2.05, 4.69) is 10.2 Å². The number of hydrogen-bond acceptors (Lipinski definition) is 3. The first-order chi connectivity index (χ1) is 6.83. The molecule has 0 saturated carbocycles. The lowest BCUT2D eigenvalue weighted by Crippen LogP contribution is -2.10. The van der Waals surface area contributed by atoms with E-state index in [1.807, 2.05) is 0 Å². The molecule has 0 atom stereocenters. The van der Waals surface area contributed by atoms with Crippen LogP contribution in [0.25, 0.3) is 10.9 Å². The summed E-state index contributed by atoms with van der Waals surface area (Å²) in [5.41, 5.74) is 5.64. The van der Waals surface area contributed by atoms with Crippen LogP contribution >= 0.6 is 0 Å². The SMILES string of the molecule is NCCOc1n[nH]c2c(F)cccc12. The van der Waals surface area contributed by atoms with E-state index in [0.717, 1.165) is 0 Å². The monoisotopic (exact) mass is 195 g/mol. The molecule has 3 N–H and O–H groups in total. The molecule has 0 saturated heterocycles. The van der Waals surface area contributed by atoms with E-state index < -0.39 is 0 Å². The molecule has 0 aliphatic carbocycles. The molecule has 0 fully saturated rings. The van der Waals surface area contributed by atoms with Crippen molar-refractivity contribution in [2.75, 3.05) is 13.2 Å². The van der Waals surface area contributed by atoms with Crippen molar-refractivity contribution in [3.8, 4) is 5.88 Å². The number of fused-ring (bicyclic) bond motifs is 1. The van der Waals surface area contributed by atoms with E-state index in [1.54, 1.807) is 12.1 Å². The number of H-pyrrole nitrogens is 1. The molecule has 0 unspecified atom stereocenters. The van der Waals surface area contributed by atoms with Gasteiger partial charge in [0.25, 0.3) is 0 Å². The van der Waals surface area contributed by atoms with Crippen molar-refractivity contribution in [3.05, 3.63) is 24.0 Å². The summed E-state index contributed by atoms with van der Waals surface area (Å²) in [6, 6.07) is 4.73. The van der Waals surface area contributed by atoms with E-state index in [-0.39, 0.29) is 5.82 Å². The van der Waals surface area contributed by atoms with Crippen molar-refractivity contribution in [3.63, 3.8) is 0 Å². The molecular formula is C9H10FN3O. The Morgan fingerprint density at radius 1 is 1.50 bits per heavy atom. The summed E-state index contributed by atoms with van der Waals surface area (Å²) in [4.78, 5) is 0. The normalized spacial score (nSPS) is 10.7. The van der Waals surface area contributed by atoms with Crippen molar-refractivity contribution in [1.82, 2.24) is 10.2 Å². The van der Waals surface area contributed by atoms with E-state index in [0.29, 0.717) is 29.9 Å². The Hall–Kier alpha value is -1.62. The van der Waals surface area contributed by atoms with Gasteiger partial charge < -0.3 is 10.5 Å². The van der Waals surface area contributed by atoms with Crippen LogP contribution < -0.4 is 10.5 Å². The van der Waals surface area contributed by atoms with E-state index in [4.69, 9.17) is 10.5 Å². The fourth-order valence-corrected chi connectivity index (χ4v) is 1.25. The minimum Gasteiger partial charge on any atom is -0.475 e. The predicted molar refractivity (Wildman–Crippen MR) is 50.6 cm³/mol. The Morgan fingerprint density at radius 2 is 2.36 bits per heavy atom. The van der Waals surface area contributed by atoms with Crippen molar-refractivity contribution in [1.29, 1.82) is 0 Å². The fraction of sp³-hybridized carbons (Fsp3) is 0.222. The Kier molecular flexibility index (Phi) is 2.32. The van der Waals surface area contributed by atoms with Crippen LogP contribution in [0.1, 0.15) is 0 Å². The zero-order chi connectivity index (χ0) is 9.97. The number of benzene rings is 1. The van der Waals surface area contributed by atoms with Gasteiger partial charge in [-0.2, -0.15) is 0 Å². The van der Waals surface area contributed by atoms with Crippen LogP contribution in [-0.2, 0) is 0 Å². The maximum atomic E-state index is 13.2. The summed E-state index contributed by atoms with van der Waals surface area (Å²) >= 11 is 0. The number of nitrogens with one attached hydrogen (secondary N) is 1. The Balaban J connectivity index is 2.42. The third-order valence-corrected chi connectivity index (χ3v) is 1.87. The van der Waals surface area contributed by atoms with Crippen LogP contribution in [0.2, 0.25) is 0 Å². The fourth-order valence-electron chi connectivity index (χ4n) is 1.25. The number of hydrogen-bond donors (Lipinski definition) is 2. The molecule has 0 bridgehead atoms.